The predicted octanol–water partition coefficient (Wildman–Crippen LogP) is 4.20. The van der Waals surface area contributed by atoms with Crippen LogP contribution in [-0.4, -0.2) is 18.6 Å². The number of carbonyl (C=O) groups is 1. The van der Waals surface area contributed by atoms with Crippen LogP contribution in [-0.2, 0) is 11.0 Å². The molecule has 1 amide bonds. The highest BCUT2D eigenvalue weighted by atomic mass is 19.4. The van der Waals surface area contributed by atoms with Gasteiger partial charge < -0.3 is 15.8 Å². The van der Waals surface area contributed by atoms with E-state index < -0.39 is 11.7 Å². The molecule has 2 bridgehead atoms. The second-order valence-electron chi connectivity index (χ2n) is 7.33. The molecule has 0 heterocycles. The number of alkyl halides is 3. The number of hydrogen-bond donors (Lipinski definition) is 2. The quantitative estimate of drug-likeness (QED) is 0.835. The summed E-state index contributed by atoms with van der Waals surface area (Å²) in [4.78, 5) is 12.7. The Morgan fingerprint density at radius 2 is 1.92 bits per heavy atom. The molecule has 2 unspecified atom stereocenters. The third-order valence-corrected chi connectivity index (χ3v) is 5.65. The van der Waals surface area contributed by atoms with Crippen molar-refractivity contribution in [1.82, 2.24) is 0 Å². The molecule has 7 heteroatoms. The Morgan fingerprint density at radius 1 is 1.27 bits per heavy atom. The van der Waals surface area contributed by atoms with Gasteiger partial charge in [0, 0.05) is 12.0 Å². The number of amides is 1. The minimum Gasteiger partial charge on any atom is -0.492 e. The molecule has 2 fully saturated rings. The van der Waals surface area contributed by atoms with E-state index in [4.69, 9.17) is 10.5 Å². The first-order valence-corrected chi connectivity index (χ1v) is 9.20. The van der Waals surface area contributed by atoms with E-state index in [0.29, 0.717) is 31.3 Å². The molecule has 4 nitrogen and oxygen atoms in total. The second kappa shape index (κ2) is 7.47. The van der Waals surface area contributed by atoms with Gasteiger partial charge in [0.25, 0.3) is 0 Å². The topological polar surface area (TPSA) is 64.3 Å². The second-order valence-corrected chi connectivity index (χ2v) is 7.33. The number of nitrogens with two attached hydrogens (primary N) is 1. The van der Waals surface area contributed by atoms with E-state index in [1.54, 1.807) is 6.92 Å². The average Bonchev–Trinajstić information content (AvgIpc) is 2.55. The van der Waals surface area contributed by atoms with Crippen molar-refractivity contribution >= 4 is 11.6 Å². The largest absolute Gasteiger partial charge is 0.492 e. The van der Waals surface area contributed by atoms with Gasteiger partial charge in [-0.15, -0.1) is 0 Å². The first-order valence-electron chi connectivity index (χ1n) is 9.20. The number of anilines is 1. The standard InChI is InChI=1S/C19H25F3N2O2/c1-2-26-16-7-6-14(19(20,21)22)10-15(16)24-18(25)13-8-11-4-3-5-12(9-13)17(11)23/h6-7,10-13,17H,2-5,8-9,23H2,1H3,(H,24,25). The summed E-state index contributed by atoms with van der Waals surface area (Å²) < 4.78 is 44.4. The van der Waals surface area contributed by atoms with Crippen LogP contribution < -0.4 is 15.8 Å². The summed E-state index contributed by atoms with van der Waals surface area (Å²) in [6, 6.07) is 3.30. The van der Waals surface area contributed by atoms with Crippen LogP contribution in [0, 0.1) is 17.8 Å². The van der Waals surface area contributed by atoms with E-state index in [1.807, 2.05) is 0 Å². The highest BCUT2D eigenvalue weighted by Gasteiger charge is 2.40. The van der Waals surface area contributed by atoms with Gasteiger partial charge in [-0.25, -0.2) is 0 Å². The molecule has 2 aliphatic rings. The maximum atomic E-state index is 13.0. The lowest BCUT2D eigenvalue weighted by atomic mass is 9.65. The molecule has 2 saturated carbocycles. The number of nitrogens with one attached hydrogen (secondary N) is 1. The number of rotatable bonds is 4. The van der Waals surface area contributed by atoms with E-state index in [1.165, 1.54) is 6.07 Å². The van der Waals surface area contributed by atoms with Crippen molar-refractivity contribution < 1.29 is 22.7 Å². The van der Waals surface area contributed by atoms with E-state index in [2.05, 4.69) is 5.32 Å². The maximum absolute atomic E-state index is 13.0. The molecule has 2 atom stereocenters. The molecule has 1 aromatic rings. The first kappa shape index (κ1) is 19.0. The molecule has 0 aromatic heterocycles. The van der Waals surface area contributed by atoms with Gasteiger partial charge in [-0.05, 0) is 62.6 Å². The lowest BCUT2D eigenvalue weighted by Gasteiger charge is -2.43. The molecule has 1 aromatic carbocycles. The molecule has 0 spiro atoms. The van der Waals surface area contributed by atoms with Gasteiger partial charge in [0.2, 0.25) is 5.91 Å². The monoisotopic (exact) mass is 370 g/mol. The summed E-state index contributed by atoms with van der Waals surface area (Å²) in [7, 11) is 0. The van der Waals surface area contributed by atoms with Gasteiger partial charge in [-0.1, -0.05) is 6.42 Å². The number of ether oxygens (including phenoxy) is 1. The van der Waals surface area contributed by atoms with Gasteiger partial charge in [-0.2, -0.15) is 13.2 Å². The third-order valence-electron chi connectivity index (χ3n) is 5.65. The molecule has 0 saturated heterocycles. The fourth-order valence-electron chi connectivity index (χ4n) is 4.32. The Morgan fingerprint density at radius 3 is 2.50 bits per heavy atom. The Balaban J connectivity index is 1.77. The van der Waals surface area contributed by atoms with Crippen LogP contribution in [0.1, 0.15) is 44.6 Å². The van der Waals surface area contributed by atoms with Crippen LogP contribution in [0.4, 0.5) is 18.9 Å². The Kier molecular flexibility index (Phi) is 5.46. The van der Waals surface area contributed by atoms with Crippen LogP contribution >= 0.6 is 0 Å². The zero-order valence-corrected chi connectivity index (χ0v) is 14.8. The number of hydrogen-bond acceptors (Lipinski definition) is 3. The zero-order valence-electron chi connectivity index (χ0n) is 14.8. The molecule has 2 aliphatic carbocycles. The first-order chi connectivity index (χ1) is 12.3. The van der Waals surface area contributed by atoms with Crippen molar-refractivity contribution in [1.29, 1.82) is 0 Å². The fourth-order valence-corrected chi connectivity index (χ4v) is 4.32. The predicted molar refractivity (Wildman–Crippen MR) is 92.8 cm³/mol. The van der Waals surface area contributed by atoms with Gasteiger partial charge in [0.1, 0.15) is 5.75 Å². The van der Waals surface area contributed by atoms with E-state index >= 15 is 0 Å². The molecule has 0 radical (unpaired) electrons. The van der Waals surface area contributed by atoms with E-state index in [9.17, 15) is 18.0 Å². The van der Waals surface area contributed by atoms with Crippen LogP contribution in [0.15, 0.2) is 18.2 Å². The summed E-state index contributed by atoms with van der Waals surface area (Å²) in [5, 5.41) is 2.68. The Bertz CT molecular complexity index is 649. The SMILES string of the molecule is CCOc1ccc(C(F)(F)F)cc1NC(=O)C1CC2CCCC(C1)C2N. The number of carbonyl (C=O) groups excluding carboxylic acids is 1. The van der Waals surface area contributed by atoms with E-state index in [-0.39, 0.29) is 29.3 Å². The molecule has 3 rings (SSSR count). The van der Waals surface area contributed by atoms with Crippen molar-refractivity contribution in [3.8, 4) is 5.75 Å². The molecular weight excluding hydrogens is 345 g/mol. The summed E-state index contributed by atoms with van der Waals surface area (Å²) >= 11 is 0. The molecule has 144 valence electrons. The fraction of sp³-hybridized carbons (Fsp3) is 0.632. The smallest absolute Gasteiger partial charge is 0.416 e. The summed E-state index contributed by atoms with van der Waals surface area (Å²) in [5.41, 5.74) is 5.52. The van der Waals surface area contributed by atoms with Crippen molar-refractivity contribution in [2.75, 3.05) is 11.9 Å². The van der Waals surface area contributed by atoms with Crippen LogP contribution in [0.3, 0.4) is 0 Å². The van der Waals surface area contributed by atoms with E-state index in [0.717, 1.165) is 31.4 Å². The summed E-state index contributed by atoms with van der Waals surface area (Å²) in [5.74, 6) is 0.446. The lowest BCUT2D eigenvalue weighted by molar-refractivity contribution is -0.137. The van der Waals surface area contributed by atoms with Gasteiger partial charge in [-0.3, -0.25) is 4.79 Å². The molecule has 26 heavy (non-hydrogen) atoms. The Labute approximate surface area is 151 Å². The van der Waals surface area contributed by atoms with Gasteiger partial charge in [0.15, 0.2) is 0 Å². The lowest BCUT2D eigenvalue weighted by Crippen LogP contribution is -2.48. The molecule has 0 aliphatic heterocycles. The van der Waals surface area contributed by atoms with Crippen LogP contribution in [0.25, 0.3) is 0 Å². The Hall–Kier alpha value is -1.76. The van der Waals surface area contributed by atoms with Crippen molar-refractivity contribution in [3.63, 3.8) is 0 Å². The van der Waals surface area contributed by atoms with Crippen molar-refractivity contribution in [3.05, 3.63) is 23.8 Å². The maximum Gasteiger partial charge on any atom is 0.416 e. The summed E-state index contributed by atoms with van der Waals surface area (Å²) in [6.07, 6.45) is 0.113. The minimum absolute atomic E-state index is 0.0757. The van der Waals surface area contributed by atoms with Crippen molar-refractivity contribution in [2.24, 2.45) is 23.5 Å². The molecule has 3 N–H and O–H groups in total. The third kappa shape index (κ3) is 3.98. The van der Waals surface area contributed by atoms with Crippen LogP contribution in [0.2, 0.25) is 0 Å². The van der Waals surface area contributed by atoms with Gasteiger partial charge >= 0.3 is 6.18 Å². The number of halogens is 3. The van der Waals surface area contributed by atoms with Crippen molar-refractivity contribution in [2.45, 2.75) is 51.2 Å². The highest BCUT2D eigenvalue weighted by molar-refractivity contribution is 5.94. The minimum atomic E-state index is -4.47. The number of fused-ring (bicyclic) bond motifs is 2. The molecular formula is C19H25F3N2O2. The number of benzene rings is 1. The summed E-state index contributed by atoms with van der Waals surface area (Å²) in [6.45, 7) is 2.05. The van der Waals surface area contributed by atoms with Gasteiger partial charge in [0.05, 0.1) is 17.9 Å². The highest BCUT2D eigenvalue weighted by Crippen LogP contribution is 2.42. The van der Waals surface area contributed by atoms with Crippen LogP contribution in [0.5, 0.6) is 5.75 Å². The average molecular weight is 370 g/mol. The zero-order chi connectivity index (χ0) is 18.9. The normalized spacial score (nSPS) is 28.5.